The van der Waals surface area contributed by atoms with Crippen molar-refractivity contribution in [1.82, 2.24) is 10.2 Å². The minimum atomic E-state index is 0.463. The Hall–Kier alpha value is -1.64. The number of nitrogens with zero attached hydrogens (tertiary/aromatic N) is 1. The fraction of sp³-hybridized carbons (Fsp3) is 0.368. The first-order chi connectivity index (χ1) is 10.4. The average molecular weight is 280 g/mol. The monoisotopic (exact) mass is 280 g/mol. The first-order valence-electron chi connectivity index (χ1n) is 7.89. The van der Waals surface area contributed by atoms with Crippen LogP contribution in [0.15, 0.2) is 54.6 Å². The van der Waals surface area contributed by atoms with Crippen molar-refractivity contribution in [2.24, 2.45) is 0 Å². The first-order valence-corrected chi connectivity index (χ1v) is 7.89. The van der Waals surface area contributed by atoms with Gasteiger partial charge in [-0.2, -0.15) is 0 Å². The molecule has 110 valence electrons. The van der Waals surface area contributed by atoms with E-state index < -0.39 is 0 Å². The molecule has 2 nitrogen and oxygen atoms in total. The van der Waals surface area contributed by atoms with Crippen LogP contribution in [0.3, 0.4) is 0 Å². The molecule has 0 fully saturated rings. The van der Waals surface area contributed by atoms with E-state index in [4.69, 9.17) is 0 Å². The Morgan fingerprint density at radius 1 is 0.905 bits per heavy atom. The molecule has 3 rings (SSSR count). The average Bonchev–Trinajstić information content (AvgIpc) is 2.76. The van der Waals surface area contributed by atoms with Crippen molar-refractivity contribution in [3.8, 4) is 0 Å². The van der Waals surface area contributed by atoms with Crippen LogP contribution < -0.4 is 5.32 Å². The molecule has 1 aliphatic heterocycles. The Bertz CT molecular complexity index is 538. The Morgan fingerprint density at radius 3 is 2.05 bits per heavy atom. The molecule has 1 aliphatic rings. The van der Waals surface area contributed by atoms with Gasteiger partial charge in [0.2, 0.25) is 0 Å². The van der Waals surface area contributed by atoms with E-state index >= 15 is 0 Å². The van der Waals surface area contributed by atoms with Gasteiger partial charge < -0.3 is 5.32 Å². The standard InChI is InChI=1S/C19H24N2/c1-20-15-19(18-9-3-2-4-10-18)21-13-11-16-7-5-6-8-17(16)12-14-21/h2-10,19-20H,11-15H2,1H3. The maximum atomic E-state index is 3.36. The fourth-order valence-corrected chi connectivity index (χ4v) is 3.32. The van der Waals surface area contributed by atoms with Crippen LogP contribution >= 0.6 is 0 Å². The van der Waals surface area contributed by atoms with Crippen molar-refractivity contribution >= 4 is 0 Å². The third-order valence-corrected chi connectivity index (χ3v) is 4.48. The summed E-state index contributed by atoms with van der Waals surface area (Å²) in [6.45, 7) is 3.27. The number of hydrogen-bond donors (Lipinski definition) is 1. The molecule has 0 bridgehead atoms. The molecular weight excluding hydrogens is 256 g/mol. The van der Waals surface area contributed by atoms with Crippen LogP contribution in [-0.2, 0) is 12.8 Å². The molecule has 0 amide bonds. The first kappa shape index (κ1) is 14.3. The van der Waals surface area contributed by atoms with E-state index in [0.29, 0.717) is 6.04 Å². The summed E-state index contributed by atoms with van der Waals surface area (Å²) in [7, 11) is 2.04. The predicted octanol–water partition coefficient (Wildman–Crippen LogP) is 3.05. The number of benzene rings is 2. The number of rotatable bonds is 4. The normalized spacial score (nSPS) is 17.0. The maximum absolute atomic E-state index is 3.36. The largest absolute Gasteiger partial charge is 0.318 e. The van der Waals surface area contributed by atoms with Crippen molar-refractivity contribution in [3.05, 3.63) is 71.3 Å². The lowest BCUT2D eigenvalue weighted by molar-refractivity contribution is 0.204. The summed E-state index contributed by atoms with van der Waals surface area (Å²) in [6.07, 6.45) is 2.31. The van der Waals surface area contributed by atoms with E-state index in [1.165, 1.54) is 16.7 Å². The highest BCUT2D eigenvalue weighted by molar-refractivity contribution is 5.29. The van der Waals surface area contributed by atoms with Gasteiger partial charge >= 0.3 is 0 Å². The summed E-state index contributed by atoms with van der Waals surface area (Å²) in [5.41, 5.74) is 4.46. The van der Waals surface area contributed by atoms with Gasteiger partial charge in [0.15, 0.2) is 0 Å². The predicted molar refractivity (Wildman–Crippen MR) is 88.5 cm³/mol. The molecule has 2 aromatic carbocycles. The Kier molecular flexibility index (Phi) is 4.69. The second-order valence-electron chi connectivity index (χ2n) is 5.79. The minimum absolute atomic E-state index is 0.463. The lowest BCUT2D eigenvalue weighted by Crippen LogP contribution is -2.36. The second-order valence-corrected chi connectivity index (χ2v) is 5.79. The SMILES string of the molecule is CNCC(c1ccccc1)N1CCc2ccccc2CC1. The summed E-state index contributed by atoms with van der Waals surface area (Å²) in [4.78, 5) is 2.63. The molecule has 1 atom stereocenters. The Morgan fingerprint density at radius 2 is 1.48 bits per heavy atom. The number of likely N-dealkylation sites (N-methyl/N-ethyl adjacent to an activating group) is 1. The van der Waals surface area contributed by atoms with Crippen LogP contribution in [0, 0.1) is 0 Å². The number of nitrogens with one attached hydrogen (secondary N) is 1. The fourth-order valence-electron chi connectivity index (χ4n) is 3.32. The topological polar surface area (TPSA) is 15.3 Å². The van der Waals surface area contributed by atoms with Gasteiger partial charge in [0, 0.05) is 25.7 Å². The van der Waals surface area contributed by atoms with Crippen molar-refractivity contribution in [2.75, 3.05) is 26.7 Å². The van der Waals surface area contributed by atoms with Crippen LogP contribution in [0.2, 0.25) is 0 Å². The molecular formula is C19H24N2. The van der Waals surface area contributed by atoms with Gasteiger partial charge in [-0.05, 0) is 36.6 Å². The summed E-state index contributed by atoms with van der Waals surface area (Å²) in [6, 6.07) is 20.2. The minimum Gasteiger partial charge on any atom is -0.318 e. The van der Waals surface area contributed by atoms with E-state index in [9.17, 15) is 0 Å². The van der Waals surface area contributed by atoms with Crippen LogP contribution in [0.1, 0.15) is 22.7 Å². The quantitative estimate of drug-likeness (QED) is 0.926. The third kappa shape index (κ3) is 3.34. The molecule has 0 saturated carbocycles. The van der Waals surface area contributed by atoms with Crippen LogP contribution in [-0.4, -0.2) is 31.6 Å². The Labute approximate surface area is 127 Å². The smallest absolute Gasteiger partial charge is 0.0472 e. The summed E-state index contributed by atoms with van der Waals surface area (Å²) < 4.78 is 0. The van der Waals surface area contributed by atoms with Crippen molar-refractivity contribution in [3.63, 3.8) is 0 Å². The number of hydrogen-bond acceptors (Lipinski definition) is 2. The summed E-state index contributed by atoms with van der Waals surface area (Å²) in [5, 5.41) is 3.36. The highest BCUT2D eigenvalue weighted by Crippen LogP contribution is 2.24. The van der Waals surface area contributed by atoms with Gasteiger partial charge in [-0.1, -0.05) is 54.6 Å². The molecule has 0 aromatic heterocycles. The van der Waals surface area contributed by atoms with E-state index in [0.717, 1.165) is 32.5 Å². The van der Waals surface area contributed by atoms with Crippen LogP contribution in [0.5, 0.6) is 0 Å². The highest BCUT2D eigenvalue weighted by atomic mass is 15.2. The van der Waals surface area contributed by atoms with E-state index in [2.05, 4.69) is 64.8 Å². The van der Waals surface area contributed by atoms with E-state index in [1.54, 1.807) is 0 Å². The van der Waals surface area contributed by atoms with Gasteiger partial charge in [0.05, 0.1) is 0 Å². The molecule has 0 aliphatic carbocycles. The molecule has 0 saturated heterocycles. The van der Waals surface area contributed by atoms with Gasteiger partial charge in [-0.3, -0.25) is 4.90 Å². The lowest BCUT2D eigenvalue weighted by atomic mass is 10.0. The molecule has 1 N–H and O–H groups in total. The zero-order chi connectivity index (χ0) is 14.5. The zero-order valence-electron chi connectivity index (χ0n) is 12.8. The van der Waals surface area contributed by atoms with E-state index in [-0.39, 0.29) is 0 Å². The van der Waals surface area contributed by atoms with Gasteiger partial charge in [0.25, 0.3) is 0 Å². The molecule has 0 radical (unpaired) electrons. The van der Waals surface area contributed by atoms with Crippen LogP contribution in [0.25, 0.3) is 0 Å². The van der Waals surface area contributed by atoms with Gasteiger partial charge in [-0.15, -0.1) is 0 Å². The summed E-state index contributed by atoms with van der Waals surface area (Å²) >= 11 is 0. The van der Waals surface area contributed by atoms with Gasteiger partial charge in [-0.25, -0.2) is 0 Å². The lowest BCUT2D eigenvalue weighted by Gasteiger charge is -2.31. The zero-order valence-corrected chi connectivity index (χ0v) is 12.8. The maximum Gasteiger partial charge on any atom is 0.0472 e. The van der Waals surface area contributed by atoms with Crippen molar-refractivity contribution in [2.45, 2.75) is 18.9 Å². The molecule has 2 aromatic rings. The van der Waals surface area contributed by atoms with Gasteiger partial charge in [0.1, 0.15) is 0 Å². The molecule has 2 heteroatoms. The molecule has 21 heavy (non-hydrogen) atoms. The summed E-state index contributed by atoms with van der Waals surface area (Å²) in [5.74, 6) is 0. The third-order valence-electron chi connectivity index (χ3n) is 4.48. The van der Waals surface area contributed by atoms with Crippen molar-refractivity contribution < 1.29 is 0 Å². The second kappa shape index (κ2) is 6.88. The van der Waals surface area contributed by atoms with Crippen LogP contribution in [0.4, 0.5) is 0 Å². The highest BCUT2D eigenvalue weighted by Gasteiger charge is 2.22. The molecule has 1 heterocycles. The molecule has 0 spiro atoms. The number of fused-ring (bicyclic) bond motifs is 1. The Balaban J connectivity index is 1.79. The van der Waals surface area contributed by atoms with E-state index in [1.807, 2.05) is 7.05 Å². The molecule has 1 unspecified atom stereocenters. The van der Waals surface area contributed by atoms with Crippen molar-refractivity contribution in [1.29, 1.82) is 0 Å².